The molecular formula is C8H8Cl2O2S. The van der Waals surface area contributed by atoms with Crippen molar-refractivity contribution in [2.24, 2.45) is 0 Å². The van der Waals surface area contributed by atoms with Gasteiger partial charge in [-0.2, -0.15) is 0 Å². The molecule has 0 bridgehead atoms. The Hall–Kier alpha value is -0.250. The van der Waals surface area contributed by atoms with E-state index in [1.807, 2.05) is 0 Å². The molecule has 5 heteroatoms. The molecule has 0 unspecified atom stereocenters. The highest BCUT2D eigenvalue weighted by atomic mass is 35.7. The van der Waals surface area contributed by atoms with Crippen molar-refractivity contribution in [3.05, 3.63) is 29.8 Å². The Bertz CT molecular complexity index is 370. The molecule has 1 aromatic rings. The molecule has 0 fully saturated rings. The largest absolute Gasteiger partial charge is 0.261 e. The summed E-state index contributed by atoms with van der Waals surface area (Å²) in [6, 6.07) is 6.36. The highest BCUT2D eigenvalue weighted by Crippen LogP contribution is 2.15. The third kappa shape index (κ3) is 3.18. The van der Waals surface area contributed by atoms with Crippen LogP contribution in [0.5, 0.6) is 0 Å². The molecule has 0 aliphatic carbocycles. The maximum Gasteiger partial charge on any atom is 0.261 e. The van der Waals surface area contributed by atoms with Gasteiger partial charge in [-0.05, 0) is 24.1 Å². The number of aryl methyl sites for hydroxylation is 1. The molecule has 0 amide bonds. The van der Waals surface area contributed by atoms with Crippen LogP contribution < -0.4 is 0 Å². The van der Waals surface area contributed by atoms with Crippen LogP contribution in [0.1, 0.15) is 5.56 Å². The number of alkyl halides is 1. The molecule has 0 saturated heterocycles. The summed E-state index contributed by atoms with van der Waals surface area (Å²) in [6.07, 6.45) is 0.726. The minimum atomic E-state index is -3.60. The molecule has 0 heterocycles. The Morgan fingerprint density at radius 1 is 1.15 bits per heavy atom. The molecule has 13 heavy (non-hydrogen) atoms. The molecule has 1 rings (SSSR count). The van der Waals surface area contributed by atoms with Crippen LogP contribution in [0.4, 0.5) is 0 Å². The molecule has 0 radical (unpaired) electrons. The summed E-state index contributed by atoms with van der Waals surface area (Å²) in [6.45, 7) is 0. The fraction of sp³-hybridized carbons (Fsp3) is 0.250. The molecular weight excluding hydrogens is 231 g/mol. The lowest BCUT2D eigenvalue weighted by Gasteiger charge is -1.98. The third-order valence-electron chi connectivity index (χ3n) is 1.59. The highest BCUT2D eigenvalue weighted by Gasteiger charge is 2.08. The van der Waals surface area contributed by atoms with E-state index in [0.717, 1.165) is 12.0 Å². The first-order valence-electron chi connectivity index (χ1n) is 3.63. The zero-order valence-corrected chi connectivity index (χ0v) is 9.03. The first-order chi connectivity index (χ1) is 6.04. The van der Waals surface area contributed by atoms with E-state index in [9.17, 15) is 8.42 Å². The van der Waals surface area contributed by atoms with Gasteiger partial charge >= 0.3 is 0 Å². The monoisotopic (exact) mass is 238 g/mol. The maximum absolute atomic E-state index is 10.8. The summed E-state index contributed by atoms with van der Waals surface area (Å²) in [5.74, 6) is 0.521. The fourth-order valence-electron chi connectivity index (χ4n) is 0.928. The van der Waals surface area contributed by atoms with Crippen molar-refractivity contribution in [1.29, 1.82) is 0 Å². The van der Waals surface area contributed by atoms with Crippen LogP contribution in [0, 0.1) is 0 Å². The lowest BCUT2D eigenvalue weighted by atomic mass is 10.2. The zero-order valence-electron chi connectivity index (χ0n) is 6.70. The van der Waals surface area contributed by atoms with Crippen LogP contribution >= 0.6 is 22.3 Å². The average Bonchev–Trinajstić information content (AvgIpc) is 2.04. The number of benzene rings is 1. The summed E-state index contributed by atoms with van der Waals surface area (Å²) < 4.78 is 21.7. The SMILES string of the molecule is O=S(=O)(Cl)c1ccc(CCCl)cc1. The number of rotatable bonds is 3. The third-order valence-corrected chi connectivity index (χ3v) is 3.15. The molecule has 0 saturated carbocycles. The van der Waals surface area contributed by atoms with Gasteiger partial charge in [0.15, 0.2) is 0 Å². The van der Waals surface area contributed by atoms with E-state index in [0.29, 0.717) is 5.88 Å². The number of hydrogen-bond acceptors (Lipinski definition) is 2. The van der Waals surface area contributed by atoms with Crippen molar-refractivity contribution < 1.29 is 8.42 Å². The average molecular weight is 239 g/mol. The van der Waals surface area contributed by atoms with Gasteiger partial charge < -0.3 is 0 Å². The Balaban J connectivity index is 2.94. The molecule has 0 aliphatic heterocycles. The zero-order chi connectivity index (χ0) is 9.90. The van der Waals surface area contributed by atoms with Gasteiger partial charge in [-0.15, -0.1) is 11.6 Å². The molecule has 72 valence electrons. The number of hydrogen-bond donors (Lipinski definition) is 0. The van der Waals surface area contributed by atoms with E-state index in [2.05, 4.69) is 0 Å². The van der Waals surface area contributed by atoms with Crippen molar-refractivity contribution in [3.63, 3.8) is 0 Å². The fourth-order valence-corrected chi connectivity index (χ4v) is 1.92. The molecule has 0 aromatic heterocycles. The predicted octanol–water partition coefficient (Wildman–Crippen LogP) is 2.40. The lowest BCUT2D eigenvalue weighted by molar-refractivity contribution is 0.609. The van der Waals surface area contributed by atoms with Crippen molar-refractivity contribution >= 4 is 31.3 Å². The first kappa shape index (κ1) is 10.8. The van der Waals surface area contributed by atoms with Crippen LogP contribution in [-0.4, -0.2) is 14.3 Å². The van der Waals surface area contributed by atoms with Gasteiger partial charge in [0.2, 0.25) is 0 Å². The summed E-state index contributed by atoms with van der Waals surface area (Å²) in [7, 11) is 1.54. The summed E-state index contributed by atoms with van der Waals surface area (Å²) >= 11 is 5.52. The molecule has 0 N–H and O–H groups in total. The van der Waals surface area contributed by atoms with Gasteiger partial charge in [-0.1, -0.05) is 12.1 Å². The minimum absolute atomic E-state index is 0.118. The lowest BCUT2D eigenvalue weighted by Crippen LogP contribution is -1.91. The van der Waals surface area contributed by atoms with Gasteiger partial charge in [-0.25, -0.2) is 8.42 Å². The second kappa shape index (κ2) is 4.31. The van der Waals surface area contributed by atoms with Gasteiger partial charge in [0.1, 0.15) is 0 Å². The first-order valence-corrected chi connectivity index (χ1v) is 6.48. The Morgan fingerprint density at radius 3 is 2.08 bits per heavy atom. The second-order valence-corrected chi connectivity index (χ2v) is 5.46. The van der Waals surface area contributed by atoms with Crippen LogP contribution in [0.15, 0.2) is 29.2 Å². The molecule has 0 spiro atoms. The Labute approximate surface area is 86.9 Å². The van der Waals surface area contributed by atoms with E-state index in [4.69, 9.17) is 22.3 Å². The minimum Gasteiger partial charge on any atom is -0.207 e. The molecule has 0 atom stereocenters. The predicted molar refractivity (Wildman–Crippen MR) is 53.9 cm³/mol. The standard InChI is InChI=1S/C8H8Cl2O2S/c9-6-5-7-1-3-8(4-2-7)13(10,11)12/h1-4H,5-6H2. The highest BCUT2D eigenvalue weighted by molar-refractivity contribution is 8.13. The summed E-state index contributed by atoms with van der Waals surface area (Å²) in [5.41, 5.74) is 0.999. The quantitative estimate of drug-likeness (QED) is 0.599. The Morgan fingerprint density at radius 2 is 1.69 bits per heavy atom. The van der Waals surface area contributed by atoms with Gasteiger partial charge in [0, 0.05) is 16.6 Å². The normalized spacial score (nSPS) is 11.5. The van der Waals surface area contributed by atoms with E-state index in [-0.39, 0.29) is 4.90 Å². The van der Waals surface area contributed by atoms with Crippen molar-refractivity contribution in [2.45, 2.75) is 11.3 Å². The van der Waals surface area contributed by atoms with Crippen LogP contribution in [0.2, 0.25) is 0 Å². The van der Waals surface area contributed by atoms with E-state index in [1.54, 1.807) is 12.1 Å². The van der Waals surface area contributed by atoms with Gasteiger partial charge in [-0.3, -0.25) is 0 Å². The maximum atomic E-state index is 10.8. The van der Waals surface area contributed by atoms with Crippen molar-refractivity contribution in [1.82, 2.24) is 0 Å². The topological polar surface area (TPSA) is 34.1 Å². The van der Waals surface area contributed by atoms with E-state index >= 15 is 0 Å². The smallest absolute Gasteiger partial charge is 0.207 e. The number of halogens is 2. The van der Waals surface area contributed by atoms with Gasteiger partial charge in [0.25, 0.3) is 9.05 Å². The summed E-state index contributed by atoms with van der Waals surface area (Å²) in [4.78, 5) is 0.118. The molecule has 0 aliphatic rings. The van der Waals surface area contributed by atoms with E-state index in [1.165, 1.54) is 12.1 Å². The van der Waals surface area contributed by atoms with E-state index < -0.39 is 9.05 Å². The summed E-state index contributed by atoms with van der Waals surface area (Å²) in [5, 5.41) is 0. The Kier molecular flexibility index (Phi) is 3.59. The van der Waals surface area contributed by atoms with Crippen LogP contribution in [0.25, 0.3) is 0 Å². The second-order valence-electron chi connectivity index (χ2n) is 2.52. The molecule has 2 nitrogen and oxygen atoms in total. The molecule has 1 aromatic carbocycles. The van der Waals surface area contributed by atoms with Crippen molar-refractivity contribution in [3.8, 4) is 0 Å². The van der Waals surface area contributed by atoms with Gasteiger partial charge in [0.05, 0.1) is 4.90 Å². The van der Waals surface area contributed by atoms with Crippen LogP contribution in [-0.2, 0) is 15.5 Å². The van der Waals surface area contributed by atoms with Crippen molar-refractivity contribution in [2.75, 3.05) is 5.88 Å². The van der Waals surface area contributed by atoms with Crippen LogP contribution in [0.3, 0.4) is 0 Å².